The number of nitrogens with one attached hydrogen (secondary N) is 1. The summed E-state index contributed by atoms with van der Waals surface area (Å²) in [6.07, 6.45) is 2.38. The van der Waals surface area contributed by atoms with Gasteiger partial charge in [0.2, 0.25) is 0 Å². The average Bonchev–Trinajstić information content (AvgIpc) is 2.88. The maximum Gasteiger partial charge on any atom is 0.270 e. The Morgan fingerprint density at radius 3 is 2.31 bits per heavy atom. The summed E-state index contributed by atoms with van der Waals surface area (Å²) >= 11 is 5.31. The largest absolute Gasteiger partial charge is 0.490 e. The van der Waals surface area contributed by atoms with Gasteiger partial charge in [0.1, 0.15) is 17.1 Å². The van der Waals surface area contributed by atoms with Gasteiger partial charge in [0, 0.05) is 0 Å². The number of thiocarbonyl (C=S) groups is 1. The topological polar surface area (TPSA) is 77.1 Å². The molecule has 3 aromatic carbocycles. The lowest BCUT2D eigenvalue weighted by atomic mass is 10.1. The summed E-state index contributed by atoms with van der Waals surface area (Å²) in [5.41, 5.74) is 1.09. The summed E-state index contributed by atoms with van der Waals surface area (Å²) in [7, 11) is 0. The van der Waals surface area contributed by atoms with Crippen molar-refractivity contribution in [3.05, 3.63) is 83.9 Å². The Hall–Kier alpha value is -4.17. The third kappa shape index (κ3) is 5.72. The molecule has 0 aromatic heterocycles. The lowest BCUT2D eigenvalue weighted by Crippen LogP contribution is -2.54. The quantitative estimate of drug-likeness (QED) is 0.237. The fraction of sp³-hybridized carbons (Fsp3) is 0.179. The molecule has 0 aliphatic carbocycles. The first kappa shape index (κ1) is 24.9. The van der Waals surface area contributed by atoms with Crippen molar-refractivity contribution in [3.63, 3.8) is 0 Å². The van der Waals surface area contributed by atoms with Gasteiger partial charge in [-0.3, -0.25) is 19.8 Å². The molecule has 184 valence electrons. The van der Waals surface area contributed by atoms with Crippen LogP contribution in [0, 0.1) is 0 Å². The van der Waals surface area contributed by atoms with Crippen molar-refractivity contribution in [1.29, 1.82) is 0 Å². The number of para-hydroxylation sites is 1. The van der Waals surface area contributed by atoms with Crippen molar-refractivity contribution < 1.29 is 23.8 Å². The number of carbonyl (C=O) groups is 2. The minimum Gasteiger partial charge on any atom is -0.490 e. The predicted octanol–water partition coefficient (Wildman–Crippen LogP) is 5.50. The van der Waals surface area contributed by atoms with Crippen LogP contribution < -0.4 is 24.4 Å². The van der Waals surface area contributed by atoms with Crippen molar-refractivity contribution in [2.45, 2.75) is 20.3 Å². The molecule has 0 atom stereocenters. The van der Waals surface area contributed by atoms with E-state index in [0.717, 1.165) is 6.42 Å². The summed E-state index contributed by atoms with van der Waals surface area (Å²) in [6.45, 7) is 4.91. The Bertz CT molecular complexity index is 1290. The molecule has 7 nitrogen and oxygen atoms in total. The molecule has 8 heteroatoms. The van der Waals surface area contributed by atoms with Gasteiger partial charge >= 0.3 is 0 Å². The maximum absolute atomic E-state index is 13.4. The Kier molecular flexibility index (Phi) is 7.97. The number of hydrogen-bond donors (Lipinski definition) is 1. The van der Waals surface area contributed by atoms with Crippen molar-refractivity contribution in [2.24, 2.45) is 0 Å². The molecule has 1 aliphatic heterocycles. The van der Waals surface area contributed by atoms with Crippen LogP contribution in [0.4, 0.5) is 5.69 Å². The first-order valence-electron chi connectivity index (χ1n) is 11.6. The van der Waals surface area contributed by atoms with Crippen LogP contribution in [0.15, 0.2) is 78.4 Å². The SMILES string of the molecule is CCCOc1ccc(C=C2C(=O)NC(=S)N(c3ccc(Oc4ccccc4)cc3)C2=O)cc1OCC. The number of ether oxygens (including phenoxy) is 3. The third-order valence-electron chi connectivity index (χ3n) is 5.22. The summed E-state index contributed by atoms with van der Waals surface area (Å²) in [5.74, 6) is 1.38. The highest BCUT2D eigenvalue weighted by atomic mass is 32.1. The molecule has 2 amide bonds. The molecular weight excluding hydrogens is 476 g/mol. The van der Waals surface area contributed by atoms with E-state index in [1.807, 2.05) is 44.2 Å². The van der Waals surface area contributed by atoms with E-state index in [1.165, 1.54) is 11.0 Å². The summed E-state index contributed by atoms with van der Waals surface area (Å²) in [5, 5.41) is 2.62. The normalized spacial score (nSPS) is 14.6. The minimum absolute atomic E-state index is 0.0113. The number of rotatable bonds is 9. The zero-order valence-electron chi connectivity index (χ0n) is 20.0. The van der Waals surface area contributed by atoms with Gasteiger partial charge in [-0.25, -0.2) is 0 Å². The summed E-state index contributed by atoms with van der Waals surface area (Å²) in [6, 6.07) is 21.6. The highest BCUT2D eigenvalue weighted by molar-refractivity contribution is 7.80. The van der Waals surface area contributed by atoms with E-state index in [1.54, 1.807) is 42.5 Å². The second-order valence-electron chi connectivity index (χ2n) is 7.85. The first-order chi connectivity index (χ1) is 17.5. The van der Waals surface area contributed by atoms with Crippen LogP contribution in [0.2, 0.25) is 0 Å². The second-order valence-corrected chi connectivity index (χ2v) is 8.24. The van der Waals surface area contributed by atoms with Crippen LogP contribution in [0.3, 0.4) is 0 Å². The fourth-order valence-electron chi connectivity index (χ4n) is 3.56. The number of anilines is 1. The Labute approximate surface area is 215 Å². The van der Waals surface area contributed by atoms with Crippen LogP contribution in [0.25, 0.3) is 6.08 Å². The Morgan fingerprint density at radius 1 is 0.889 bits per heavy atom. The monoisotopic (exact) mass is 502 g/mol. The number of nitrogens with zero attached hydrogens (tertiary/aromatic N) is 1. The van der Waals surface area contributed by atoms with Gasteiger partial charge in [0.15, 0.2) is 16.6 Å². The van der Waals surface area contributed by atoms with Crippen LogP contribution >= 0.6 is 12.2 Å². The molecule has 1 fully saturated rings. The van der Waals surface area contributed by atoms with Crippen LogP contribution in [-0.4, -0.2) is 30.1 Å². The molecular formula is C28H26N2O5S. The molecule has 3 aromatic rings. The lowest BCUT2D eigenvalue weighted by molar-refractivity contribution is -0.122. The van der Waals surface area contributed by atoms with Gasteiger partial charge in [-0.1, -0.05) is 31.2 Å². The van der Waals surface area contributed by atoms with E-state index in [4.69, 9.17) is 26.4 Å². The lowest BCUT2D eigenvalue weighted by Gasteiger charge is -2.29. The van der Waals surface area contributed by atoms with Crippen LogP contribution in [0.5, 0.6) is 23.0 Å². The highest BCUT2D eigenvalue weighted by Gasteiger charge is 2.34. The predicted molar refractivity (Wildman–Crippen MR) is 143 cm³/mol. The van der Waals surface area contributed by atoms with Gasteiger partial charge < -0.3 is 14.2 Å². The van der Waals surface area contributed by atoms with Gasteiger partial charge in [0.05, 0.1) is 18.9 Å². The van der Waals surface area contributed by atoms with Crippen LogP contribution in [-0.2, 0) is 9.59 Å². The van der Waals surface area contributed by atoms with E-state index in [-0.39, 0.29) is 10.7 Å². The summed E-state index contributed by atoms with van der Waals surface area (Å²) < 4.78 is 17.2. The third-order valence-corrected chi connectivity index (χ3v) is 5.50. The number of benzene rings is 3. The second kappa shape index (κ2) is 11.5. The molecule has 4 rings (SSSR count). The van der Waals surface area contributed by atoms with E-state index < -0.39 is 11.8 Å². The van der Waals surface area contributed by atoms with Crippen molar-refractivity contribution in [1.82, 2.24) is 5.32 Å². The average molecular weight is 503 g/mol. The van der Waals surface area contributed by atoms with Gasteiger partial charge in [0.25, 0.3) is 11.8 Å². The molecule has 0 bridgehead atoms. The molecule has 0 saturated carbocycles. The molecule has 1 heterocycles. The standard InChI is InChI=1S/C28H26N2O5S/c1-3-16-34-24-15-10-19(18-25(24)33-4-2)17-23-26(31)29-28(36)30(27(23)32)20-11-13-22(14-12-20)35-21-8-6-5-7-9-21/h5-15,17-18H,3-4,16H2,1-2H3,(H,29,31,36). The number of carbonyl (C=O) groups excluding carboxylic acids is 2. The molecule has 1 saturated heterocycles. The van der Waals surface area contributed by atoms with Gasteiger partial charge in [-0.05, 0) is 85.7 Å². The Balaban J connectivity index is 1.58. The molecule has 0 spiro atoms. The van der Waals surface area contributed by atoms with Crippen molar-refractivity contribution in [3.8, 4) is 23.0 Å². The molecule has 1 N–H and O–H groups in total. The van der Waals surface area contributed by atoms with Gasteiger partial charge in [-0.2, -0.15) is 0 Å². The number of amides is 2. The Morgan fingerprint density at radius 2 is 1.61 bits per heavy atom. The van der Waals surface area contributed by atoms with Crippen molar-refractivity contribution in [2.75, 3.05) is 18.1 Å². The maximum atomic E-state index is 13.4. The van der Waals surface area contributed by atoms with E-state index in [2.05, 4.69) is 5.32 Å². The van der Waals surface area contributed by atoms with Gasteiger partial charge in [-0.15, -0.1) is 0 Å². The first-order valence-corrected chi connectivity index (χ1v) is 12.0. The smallest absolute Gasteiger partial charge is 0.270 e. The molecule has 36 heavy (non-hydrogen) atoms. The molecule has 0 unspecified atom stereocenters. The van der Waals surface area contributed by atoms with E-state index in [9.17, 15) is 9.59 Å². The zero-order valence-corrected chi connectivity index (χ0v) is 20.8. The van der Waals surface area contributed by atoms with Crippen molar-refractivity contribution >= 4 is 40.9 Å². The molecule has 1 aliphatic rings. The minimum atomic E-state index is -0.561. The highest BCUT2D eigenvalue weighted by Crippen LogP contribution is 2.31. The summed E-state index contributed by atoms with van der Waals surface area (Å²) in [4.78, 5) is 27.3. The fourth-order valence-corrected chi connectivity index (χ4v) is 3.84. The number of hydrogen-bond acceptors (Lipinski definition) is 6. The van der Waals surface area contributed by atoms with E-state index >= 15 is 0 Å². The molecule has 0 radical (unpaired) electrons. The van der Waals surface area contributed by atoms with Crippen LogP contribution in [0.1, 0.15) is 25.8 Å². The van der Waals surface area contributed by atoms with E-state index in [0.29, 0.717) is 47.5 Å². The zero-order chi connectivity index (χ0) is 25.5.